The predicted molar refractivity (Wildman–Crippen MR) is 163 cm³/mol. The van der Waals surface area contributed by atoms with Crippen LogP contribution >= 0.6 is 11.8 Å². The first-order chi connectivity index (χ1) is 18.9. The zero-order valence-electron chi connectivity index (χ0n) is 23.2. The van der Waals surface area contributed by atoms with Crippen molar-refractivity contribution in [2.45, 2.75) is 50.0 Å². The molecule has 0 bridgehead atoms. The van der Waals surface area contributed by atoms with E-state index in [0.29, 0.717) is 5.92 Å². The lowest BCUT2D eigenvalue weighted by molar-refractivity contribution is -0.118. The average molecular weight is 545 g/mol. The quantitative estimate of drug-likeness (QED) is 0.237. The lowest BCUT2D eigenvalue weighted by atomic mass is 9.89. The zero-order chi connectivity index (χ0) is 27.6. The SMILES string of the molecule is CSc1ccccc1NC(=O)NC(CCN1CCC(c2cccc(NC(=O)C(C)C)c2)CC1)c1ccccc1. The number of para-hydroxylation sites is 1. The van der Waals surface area contributed by atoms with Gasteiger partial charge in [0.15, 0.2) is 0 Å². The summed E-state index contributed by atoms with van der Waals surface area (Å²) in [5, 5.41) is 9.28. The summed E-state index contributed by atoms with van der Waals surface area (Å²) in [4.78, 5) is 28.6. The molecule has 1 aliphatic heterocycles. The van der Waals surface area contributed by atoms with E-state index in [1.54, 1.807) is 11.8 Å². The van der Waals surface area contributed by atoms with Crippen molar-refractivity contribution in [3.8, 4) is 0 Å². The van der Waals surface area contributed by atoms with Gasteiger partial charge >= 0.3 is 6.03 Å². The van der Waals surface area contributed by atoms with Crippen LogP contribution in [0.15, 0.2) is 83.8 Å². The Hall–Kier alpha value is -3.29. The number of nitrogens with zero attached hydrogens (tertiary/aromatic N) is 1. The first kappa shape index (κ1) is 28.7. The second kappa shape index (κ2) is 14.2. The fourth-order valence-electron chi connectivity index (χ4n) is 5.03. The summed E-state index contributed by atoms with van der Waals surface area (Å²) >= 11 is 1.62. The molecule has 1 saturated heterocycles. The summed E-state index contributed by atoms with van der Waals surface area (Å²) in [5.41, 5.74) is 4.11. The smallest absolute Gasteiger partial charge is 0.319 e. The van der Waals surface area contributed by atoms with Crippen LogP contribution in [0.4, 0.5) is 16.2 Å². The summed E-state index contributed by atoms with van der Waals surface area (Å²) in [5.74, 6) is 0.497. The van der Waals surface area contributed by atoms with Crippen LogP contribution in [0, 0.1) is 5.92 Å². The molecule has 206 valence electrons. The van der Waals surface area contributed by atoms with Gasteiger partial charge in [-0.05, 0) is 79.9 Å². The molecular weight excluding hydrogens is 504 g/mol. The molecule has 3 N–H and O–H groups in total. The first-order valence-corrected chi connectivity index (χ1v) is 15.0. The molecule has 1 heterocycles. The van der Waals surface area contributed by atoms with Gasteiger partial charge in [-0.25, -0.2) is 4.79 Å². The number of anilines is 2. The van der Waals surface area contributed by atoms with Crippen molar-refractivity contribution in [3.05, 3.63) is 90.0 Å². The van der Waals surface area contributed by atoms with Gasteiger partial charge in [0, 0.05) is 23.0 Å². The normalized spacial score (nSPS) is 15.1. The van der Waals surface area contributed by atoms with Gasteiger partial charge in [-0.3, -0.25) is 4.79 Å². The number of rotatable bonds is 10. The van der Waals surface area contributed by atoms with E-state index in [1.165, 1.54) is 5.56 Å². The molecule has 39 heavy (non-hydrogen) atoms. The van der Waals surface area contributed by atoms with Crippen molar-refractivity contribution in [2.75, 3.05) is 36.5 Å². The molecule has 0 aromatic heterocycles. The minimum absolute atomic E-state index is 0.0386. The van der Waals surface area contributed by atoms with Crippen molar-refractivity contribution in [1.82, 2.24) is 10.2 Å². The molecule has 1 aliphatic rings. The highest BCUT2D eigenvalue weighted by atomic mass is 32.2. The number of carbonyl (C=O) groups excluding carboxylic acids is 2. The third kappa shape index (κ3) is 8.35. The minimum Gasteiger partial charge on any atom is -0.331 e. The topological polar surface area (TPSA) is 73.5 Å². The second-order valence-electron chi connectivity index (χ2n) is 10.4. The Bertz CT molecular complexity index is 1230. The summed E-state index contributed by atoms with van der Waals surface area (Å²) in [7, 11) is 0. The standard InChI is InChI=1S/C32H40N4O2S/c1-23(2)31(37)33-27-13-9-12-26(22-27)24-16-19-36(20-17-24)21-18-28(25-10-5-4-6-11-25)34-32(38)35-29-14-7-8-15-30(29)39-3/h4-15,22-24,28H,16-21H2,1-3H3,(H,33,37)(H2,34,35,38). The second-order valence-corrected chi connectivity index (χ2v) is 11.3. The molecule has 3 aromatic carbocycles. The Labute approximate surface area is 237 Å². The number of likely N-dealkylation sites (tertiary alicyclic amines) is 1. The van der Waals surface area contributed by atoms with E-state index in [-0.39, 0.29) is 23.9 Å². The minimum atomic E-state index is -0.187. The van der Waals surface area contributed by atoms with E-state index >= 15 is 0 Å². The van der Waals surface area contributed by atoms with E-state index < -0.39 is 0 Å². The van der Waals surface area contributed by atoms with Gasteiger partial charge in [-0.1, -0.05) is 68.4 Å². The van der Waals surface area contributed by atoms with Crippen molar-refractivity contribution >= 4 is 35.1 Å². The van der Waals surface area contributed by atoms with Crippen LogP contribution in [-0.4, -0.2) is 42.7 Å². The van der Waals surface area contributed by atoms with Gasteiger partial charge in [-0.15, -0.1) is 11.8 Å². The van der Waals surface area contributed by atoms with Crippen molar-refractivity contribution in [2.24, 2.45) is 5.92 Å². The molecule has 0 aliphatic carbocycles. The summed E-state index contributed by atoms with van der Waals surface area (Å²) in [6.45, 7) is 6.76. The highest BCUT2D eigenvalue weighted by Crippen LogP contribution is 2.30. The number of urea groups is 1. The number of nitrogens with one attached hydrogen (secondary N) is 3. The molecule has 3 amide bonds. The van der Waals surface area contributed by atoms with Gasteiger partial charge in [0.05, 0.1) is 11.7 Å². The first-order valence-electron chi connectivity index (χ1n) is 13.8. The molecule has 0 saturated carbocycles. The molecule has 3 aromatic rings. The average Bonchev–Trinajstić information content (AvgIpc) is 2.96. The predicted octanol–water partition coefficient (Wildman–Crippen LogP) is 7.14. The largest absolute Gasteiger partial charge is 0.331 e. The van der Waals surface area contributed by atoms with Gasteiger partial charge in [0.1, 0.15) is 0 Å². The molecule has 1 unspecified atom stereocenters. The Balaban J connectivity index is 1.32. The van der Waals surface area contributed by atoms with Gasteiger partial charge in [0.25, 0.3) is 0 Å². The maximum Gasteiger partial charge on any atom is 0.319 e. The third-order valence-corrected chi connectivity index (χ3v) is 8.13. The molecule has 1 atom stereocenters. The number of thioether (sulfide) groups is 1. The number of benzene rings is 3. The van der Waals surface area contributed by atoms with E-state index in [4.69, 9.17) is 0 Å². The van der Waals surface area contributed by atoms with Crippen LogP contribution in [0.25, 0.3) is 0 Å². The van der Waals surface area contributed by atoms with Crippen LogP contribution in [-0.2, 0) is 4.79 Å². The van der Waals surface area contributed by atoms with E-state index in [0.717, 1.165) is 60.7 Å². The number of amides is 3. The molecule has 7 heteroatoms. The Morgan fingerprint density at radius 3 is 2.36 bits per heavy atom. The van der Waals surface area contributed by atoms with Gasteiger partial charge in [0.2, 0.25) is 5.91 Å². The van der Waals surface area contributed by atoms with Crippen molar-refractivity contribution < 1.29 is 9.59 Å². The maximum absolute atomic E-state index is 13.0. The lowest BCUT2D eigenvalue weighted by Gasteiger charge is -2.33. The van der Waals surface area contributed by atoms with E-state index in [1.807, 2.05) is 74.7 Å². The lowest BCUT2D eigenvalue weighted by Crippen LogP contribution is -2.38. The van der Waals surface area contributed by atoms with Crippen molar-refractivity contribution in [3.63, 3.8) is 0 Å². The molecule has 0 spiro atoms. The fourth-order valence-corrected chi connectivity index (χ4v) is 5.58. The molecule has 0 radical (unpaired) electrons. The van der Waals surface area contributed by atoms with Crippen LogP contribution in [0.1, 0.15) is 56.2 Å². The van der Waals surface area contributed by atoms with Crippen LogP contribution in [0.5, 0.6) is 0 Å². The third-order valence-electron chi connectivity index (χ3n) is 7.33. The van der Waals surface area contributed by atoms with E-state index in [2.05, 4.69) is 45.1 Å². The van der Waals surface area contributed by atoms with Crippen LogP contribution in [0.3, 0.4) is 0 Å². The van der Waals surface area contributed by atoms with Crippen LogP contribution in [0.2, 0.25) is 0 Å². The number of hydrogen-bond acceptors (Lipinski definition) is 4. The number of carbonyl (C=O) groups is 2. The zero-order valence-corrected chi connectivity index (χ0v) is 24.0. The summed E-state index contributed by atoms with van der Waals surface area (Å²) in [6.07, 6.45) is 5.01. The summed E-state index contributed by atoms with van der Waals surface area (Å²) < 4.78 is 0. The molecule has 1 fully saturated rings. The van der Waals surface area contributed by atoms with E-state index in [9.17, 15) is 9.59 Å². The monoisotopic (exact) mass is 544 g/mol. The maximum atomic E-state index is 13.0. The highest BCUT2D eigenvalue weighted by molar-refractivity contribution is 7.98. The fraction of sp³-hybridized carbons (Fsp3) is 0.375. The molecule has 6 nitrogen and oxygen atoms in total. The van der Waals surface area contributed by atoms with Gasteiger partial charge in [-0.2, -0.15) is 0 Å². The Kier molecular flexibility index (Phi) is 10.5. The molecular formula is C32H40N4O2S. The number of hydrogen-bond donors (Lipinski definition) is 3. The molecule has 4 rings (SSSR count). The Morgan fingerprint density at radius 2 is 1.64 bits per heavy atom. The van der Waals surface area contributed by atoms with Crippen LogP contribution < -0.4 is 16.0 Å². The van der Waals surface area contributed by atoms with Gasteiger partial charge < -0.3 is 20.9 Å². The number of piperidine rings is 1. The summed E-state index contributed by atoms with van der Waals surface area (Å²) in [6, 6.07) is 26.1. The van der Waals surface area contributed by atoms with Crippen molar-refractivity contribution in [1.29, 1.82) is 0 Å². The Morgan fingerprint density at radius 1 is 0.923 bits per heavy atom. The highest BCUT2D eigenvalue weighted by Gasteiger charge is 2.23.